The standard InChI is InChI=1S/C57H42N2/c1-2-15-43(16-3-1)59-55-22-9-7-19-51(55)52-33-27-42(37-56(52)59)39-23-28-44(29-24-39)58(45-30-25-41(26-31-45)48-20-12-14-40-13-4-5-17-47(40)48)46-32-34-50-49-18-6-8-21-53(49)57(54(50)38-46)35-10-11-36-57/h1-9,12-34,37-38H,10-11,35-36H2. The first kappa shape index (κ1) is 33.9. The van der Waals surface area contributed by atoms with Gasteiger partial charge in [0.05, 0.1) is 11.0 Å². The van der Waals surface area contributed by atoms with Gasteiger partial charge in [-0.2, -0.15) is 0 Å². The first-order valence-electron chi connectivity index (χ1n) is 21.1. The molecule has 2 heteroatoms. The molecule has 0 N–H and O–H groups in total. The molecule has 2 nitrogen and oxygen atoms in total. The van der Waals surface area contributed by atoms with E-state index in [-0.39, 0.29) is 5.41 Å². The molecule has 0 radical (unpaired) electrons. The smallest absolute Gasteiger partial charge is 0.0547 e. The van der Waals surface area contributed by atoms with E-state index in [1.54, 1.807) is 0 Å². The van der Waals surface area contributed by atoms with Crippen LogP contribution >= 0.6 is 0 Å². The van der Waals surface area contributed by atoms with Crippen LogP contribution in [-0.4, -0.2) is 4.57 Å². The summed E-state index contributed by atoms with van der Waals surface area (Å²) in [7, 11) is 0. The van der Waals surface area contributed by atoms with Crippen LogP contribution in [0.2, 0.25) is 0 Å². The van der Waals surface area contributed by atoms with Gasteiger partial charge in [0.25, 0.3) is 0 Å². The van der Waals surface area contributed by atoms with Gasteiger partial charge >= 0.3 is 0 Å². The van der Waals surface area contributed by atoms with Crippen LogP contribution in [0, 0.1) is 0 Å². The van der Waals surface area contributed by atoms with Crippen molar-refractivity contribution in [2.45, 2.75) is 31.1 Å². The molecule has 0 aliphatic heterocycles. The normalized spacial score (nSPS) is 14.0. The summed E-state index contributed by atoms with van der Waals surface area (Å²) in [6, 6.07) is 76.5. The molecule has 2 aliphatic carbocycles. The monoisotopic (exact) mass is 754 g/mol. The van der Waals surface area contributed by atoms with Crippen molar-refractivity contribution in [3.8, 4) is 39.1 Å². The van der Waals surface area contributed by atoms with Crippen LogP contribution in [0.4, 0.5) is 17.1 Å². The zero-order chi connectivity index (χ0) is 38.9. The van der Waals surface area contributed by atoms with Crippen LogP contribution in [0.3, 0.4) is 0 Å². The van der Waals surface area contributed by atoms with Crippen molar-refractivity contribution in [2.24, 2.45) is 0 Å². The zero-order valence-corrected chi connectivity index (χ0v) is 32.9. The van der Waals surface area contributed by atoms with Crippen LogP contribution in [0.25, 0.3) is 71.6 Å². The van der Waals surface area contributed by atoms with E-state index in [2.05, 4.69) is 216 Å². The molecule has 0 saturated heterocycles. The Kier molecular flexibility index (Phi) is 7.74. The molecule has 59 heavy (non-hydrogen) atoms. The van der Waals surface area contributed by atoms with Gasteiger partial charge in [-0.25, -0.2) is 0 Å². The van der Waals surface area contributed by atoms with Crippen LogP contribution < -0.4 is 4.90 Å². The van der Waals surface area contributed by atoms with Gasteiger partial charge in [0.1, 0.15) is 0 Å². The molecule has 2 aliphatic rings. The van der Waals surface area contributed by atoms with Gasteiger partial charge in [-0.1, -0.05) is 158 Å². The highest BCUT2D eigenvalue weighted by atomic mass is 15.1. The molecule has 0 bridgehead atoms. The molecule has 280 valence electrons. The van der Waals surface area contributed by atoms with Crippen molar-refractivity contribution in [3.05, 3.63) is 217 Å². The van der Waals surface area contributed by atoms with Crippen LogP contribution in [0.1, 0.15) is 36.8 Å². The number of aromatic nitrogens is 1. The fourth-order valence-electron chi connectivity index (χ4n) is 10.6. The lowest BCUT2D eigenvalue weighted by Crippen LogP contribution is -2.21. The number of fused-ring (bicyclic) bond motifs is 9. The Morgan fingerprint density at radius 1 is 0.373 bits per heavy atom. The maximum absolute atomic E-state index is 2.52. The lowest BCUT2D eigenvalue weighted by molar-refractivity contribution is 0.550. The summed E-state index contributed by atoms with van der Waals surface area (Å²) in [6.45, 7) is 0. The minimum atomic E-state index is 0.0938. The molecule has 0 amide bonds. The molecule has 1 fully saturated rings. The number of nitrogens with zero attached hydrogens (tertiary/aromatic N) is 2. The molecule has 12 rings (SSSR count). The number of benzene rings is 9. The number of anilines is 3. The van der Waals surface area contributed by atoms with Gasteiger partial charge in [-0.05, 0) is 129 Å². The third-order valence-electron chi connectivity index (χ3n) is 13.3. The summed E-state index contributed by atoms with van der Waals surface area (Å²) in [4.78, 5) is 2.46. The van der Waals surface area contributed by atoms with Gasteiger partial charge in [0.2, 0.25) is 0 Å². The summed E-state index contributed by atoms with van der Waals surface area (Å²) in [6.07, 6.45) is 4.97. The minimum absolute atomic E-state index is 0.0938. The summed E-state index contributed by atoms with van der Waals surface area (Å²) >= 11 is 0. The quantitative estimate of drug-likeness (QED) is 0.164. The van der Waals surface area contributed by atoms with Gasteiger partial charge < -0.3 is 9.47 Å². The molecule has 1 aromatic heterocycles. The van der Waals surface area contributed by atoms with E-state index in [0.717, 1.165) is 11.4 Å². The van der Waals surface area contributed by atoms with E-state index < -0.39 is 0 Å². The Hall–Kier alpha value is -7.16. The van der Waals surface area contributed by atoms with Crippen molar-refractivity contribution in [3.63, 3.8) is 0 Å². The molecule has 1 saturated carbocycles. The van der Waals surface area contributed by atoms with E-state index in [1.165, 1.54) is 114 Å². The van der Waals surface area contributed by atoms with Crippen molar-refractivity contribution in [1.82, 2.24) is 4.57 Å². The van der Waals surface area contributed by atoms with Crippen molar-refractivity contribution in [2.75, 3.05) is 4.90 Å². The molecule has 0 unspecified atom stereocenters. The predicted octanol–water partition coefficient (Wildman–Crippen LogP) is 15.6. The number of rotatable bonds is 6. The third kappa shape index (κ3) is 5.33. The van der Waals surface area contributed by atoms with Gasteiger partial charge in [0.15, 0.2) is 0 Å². The number of hydrogen-bond acceptors (Lipinski definition) is 1. The second-order valence-electron chi connectivity index (χ2n) is 16.4. The van der Waals surface area contributed by atoms with E-state index in [4.69, 9.17) is 0 Å². The number of hydrogen-bond donors (Lipinski definition) is 0. The Bertz CT molecular complexity index is 3200. The fourth-order valence-corrected chi connectivity index (χ4v) is 10.6. The molecule has 1 spiro atoms. The maximum atomic E-state index is 2.52. The van der Waals surface area contributed by atoms with E-state index in [1.807, 2.05) is 0 Å². The average molecular weight is 755 g/mol. The Balaban J connectivity index is 0.980. The summed E-state index contributed by atoms with van der Waals surface area (Å²) in [5.41, 5.74) is 17.9. The van der Waals surface area contributed by atoms with Crippen LogP contribution in [0.5, 0.6) is 0 Å². The van der Waals surface area contributed by atoms with E-state index in [9.17, 15) is 0 Å². The first-order valence-corrected chi connectivity index (χ1v) is 21.1. The van der Waals surface area contributed by atoms with Crippen LogP contribution in [0.15, 0.2) is 206 Å². The van der Waals surface area contributed by atoms with Gasteiger partial charge in [0, 0.05) is 38.9 Å². The third-order valence-corrected chi connectivity index (χ3v) is 13.3. The minimum Gasteiger partial charge on any atom is -0.310 e. The lowest BCUT2D eigenvalue weighted by Gasteiger charge is -2.30. The fraction of sp³-hybridized carbons (Fsp3) is 0.0877. The maximum Gasteiger partial charge on any atom is 0.0547 e. The molecule has 0 atom stereocenters. The van der Waals surface area contributed by atoms with Crippen molar-refractivity contribution < 1.29 is 0 Å². The Morgan fingerprint density at radius 3 is 1.78 bits per heavy atom. The van der Waals surface area contributed by atoms with Crippen LogP contribution in [-0.2, 0) is 5.41 Å². The van der Waals surface area contributed by atoms with E-state index in [0.29, 0.717) is 0 Å². The predicted molar refractivity (Wildman–Crippen MR) is 249 cm³/mol. The molecule has 10 aromatic rings. The summed E-state index contributed by atoms with van der Waals surface area (Å²) in [5, 5.41) is 5.07. The highest BCUT2D eigenvalue weighted by molar-refractivity contribution is 6.10. The molecular formula is C57H42N2. The zero-order valence-electron chi connectivity index (χ0n) is 32.9. The van der Waals surface area contributed by atoms with Crippen molar-refractivity contribution in [1.29, 1.82) is 0 Å². The van der Waals surface area contributed by atoms with Crippen molar-refractivity contribution >= 4 is 49.6 Å². The second-order valence-corrected chi connectivity index (χ2v) is 16.4. The van der Waals surface area contributed by atoms with Gasteiger partial charge in [-0.15, -0.1) is 0 Å². The van der Waals surface area contributed by atoms with E-state index >= 15 is 0 Å². The first-order chi connectivity index (χ1) is 29.2. The largest absolute Gasteiger partial charge is 0.310 e. The highest BCUT2D eigenvalue weighted by Gasteiger charge is 2.45. The second kappa shape index (κ2) is 13.5. The molecule has 9 aromatic carbocycles. The number of para-hydroxylation sites is 2. The average Bonchev–Trinajstić information content (AvgIpc) is 4.01. The Labute approximate surface area is 345 Å². The molecular weight excluding hydrogens is 713 g/mol. The lowest BCUT2D eigenvalue weighted by atomic mass is 9.76. The SMILES string of the molecule is c1ccc(-n2c3ccccc3c3ccc(-c4ccc(N(c5ccc(-c6cccc7ccccc67)cc5)c5ccc6c(c5)C5(CCCC5)c5ccccc5-6)cc4)cc32)cc1. The Morgan fingerprint density at radius 2 is 0.966 bits per heavy atom. The summed E-state index contributed by atoms with van der Waals surface area (Å²) in [5.74, 6) is 0. The topological polar surface area (TPSA) is 8.17 Å². The molecule has 1 heterocycles. The highest BCUT2D eigenvalue weighted by Crippen LogP contribution is 2.58. The van der Waals surface area contributed by atoms with Gasteiger partial charge in [-0.3, -0.25) is 0 Å². The summed E-state index contributed by atoms with van der Waals surface area (Å²) < 4.78 is 2.40.